The van der Waals surface area contributed by atoms with E-state index in [4.69, 9.17) is 41.4 Å². The van der Waals surface area contributed by atoms with Crippen molar-refractivity contribution < 1.29 is 23.3 Å². The van der Waals surface area contributed by atoms with E-state index in [2.05, 4.69) is 62.4 Å². The van der Waals surface area contributed by atoms with Crippen LogP contribution in [0.2, 0.25) is 0 Å². The summed E-state index contributed by atoms with van der Waals surface area (Å²) in [5, 5.41) is 9.17. The number of ether oxygens (including phenoxy) is 3. The minimum Gasteiger partial charge on any atom is -0.497 e. The Morgan fingerprint density at radius 2 is 1.21 bits per heavy atom. The maximum absolute atomic E-state index is 9.17. The number of nitriles is 1. The average Bonchev–Trinajstić information content (AvgIpc) is 3.08. The van der Waals surface area contributed by atoms with Crippen molar-refractivity contribution in [2.45, 2.75) is 64.6 Å². The first-order valence-corrected chi connectivity index (χ1v) is 16.9. The van der Waals surface area contributed by atoms with Crippen LogP contribution in [0.5, 0.6) is 11.5 Å². The number of terminal acetylenes is 2. The zero-order chi connectivity index (χ0) is 34.3. The summed E-state index contributed by atoms with van der Waals surface area (Å²) < 4.78 is 33.3. The lowest BCUT2D eigenvalue weighted by Gasteiger charge is -2.41. The second kappa shape index (κ2) is 18.5. The van der Waals surface area contributed by atoms with Crippen LogP contribution in [0.1, 0.15) is 63.6 Å². The van der Waals surface area contributed by atoms with Gasteiger partial charge in [0.15, 0.2) is 0 Å². The number of benzene rings is 3. The molecule has 0 N–H and O–H groups in total. The summed E-state index contributed by atoms with van der Waals surface area (Å²) in [5.41, 5.74) is 0.933. The Labute approximate surface area is 283 Å². The first-order chi connectivity index (χ1) is 22.7. The van der Waals surface area contributed by atoms with Gasteiger partial charge in [0.05, 0.1) is 46.5 Å². The molecule has 0 amide bonds. The number of hydrogen-bond acceptors (Lipinski definition) is 7. The van der Waals surface area contributed by atoms with E-state index in [1.807, 2.05) is 66.7 Å². The zero-order valence-electron chi connectivity index (χ0n) is 28.4. The molecular formula is C39H47N2O5P. The summed E-state index contributed by atoms with van der Waals surface area (Å²) >= 11 is 0. The van der Waals surface area contributed by atoms with Crippen molar-refractivity contribution in [3.8, 4) is 42.3 Å². The number of hydrogen-bond donors (Lipinski definition) is 0. The molecule has 1 unspecified atom stereocenters. The van der Waals surface area contributed by atoms with Crippen molar-refractivity contribution in [3.63, 3.8) is 0 Å². The van der Waals surface area contributed by atoms with Gasteiger partial charge in [-0.25, -0.2) is 4.67 Å². The van der Waals surface area contributed by atoms with Gasteiger partial charge in [0.1, 0.15) is 17.1 Å². The van der Waals surface area contributed by atoms with Gasteiger partial charge in [0.2, 0.25) is 0 Å². The van der Waals surface area contributed by atoms with Crippen molar-refractivity contribution in [1.29, 1.82) is 5.26 Å². The van der Waals surface area contributed by atoms with Gasteiger partial charge in [-0.2, -0.15) is 5.26 Å². The van der Waals surface area contributed by atoms with Crippen molar-refractivity contribution in [3.05, 3.63) is 95.6 Å². The van der Waals surface area contributed by atoms with E-state index < -0.39 is 19.5 Å². The molecule has 3 aromatic rings. The minimum absolute atomic E-state index is 0.144. The molecule has 0 saturated carbocycles. The van der Waals surface area contributed by atoms with Crippen molar-refractivity contribution >= 4 is 8.53 Å². The van der Waals surface area contributed by atoms with Gasteiger partial charge in [-0.1, -0.05) is 54.6 Å². The van der Waals surface area contributed by atoms with Gasteiger partial charge < -0.3 is 23.3 Å². The van der Waals surface area contributed by atoms with Crippen LogP contribution < -0.4 is 9.47 Å². The van der Waals surface area contributed by atoms with E-state index in [1.54, 1.807) is 14.2 Å². The SMILES string of the molecule is C#CCC(CC#C)(COP(OCCC#N)N(C(C)C)C(C)C)COC(c1ccccc1)(c1ccc(OC)cc1)c1ccc(OC)cc1. The monoisotopic (exact) mass is 654 g/mol. The van der Waals surface area contributed by atoms with Gasteiger partial charge in [-0.15, -0.1) is 24.7 Å². The average molecular weight is 655 g/mol. The molecule has 1 atom stereocenters. The maximum Gasteiger partial charge on any atom is 0.259 e. The molecule has 3 rings (SSSR count). The summed E-state index contributed by atoms with van der Waals surface area (Å²) in [6, 6.07) is 28.3. The molecule has 0 aliphatic carbocycles. The van der Waals surface area contributed by atoms with Gasteiger partial charge >= 0.3 is 0 Å². The fourth-order valence-electron chi connectivity index (χ4n) is 5.58. The molecule has 0 heterocycles. The lowest BCUT2D eigenvalue weighted by Crippen LogP contribution is -2.40. The molecule has 0 aliphatic rings. The van der Waals surface area contributed by atoms with E-state index in [1.165, 1.54) is 0 Å². The van der Waals surface area contributed by atoms with Crippen LogP contribution in [0.25, 0.3) is 0 Å². The molecule has 0 spiro atoms. The Hall–Kier alpha value is -3.86. The highest BCUT2D eigenvalue weighted by atomic mass is 31.2. The summed E-state index contributed by atoms with van der Waals surface area (Å²) in [4.78, 5) is 0. The predicted molar refractivity (Wildman–Crippen MR) is 189 cm³/mol. The molecule has 0 aliphatic heterocycles. The number of methoxy groups -OCH3 is 2. The van der Waals surface area contributed by atoms with Crippen molar-refractivity contribution in [2.24, 2.45) is 5.41 Å². The lowest BCUT2D eigenvalue weighted by molar-refractivity contribution is -0.0535. The summed E-state index contributed by atoms with van der Waals surface area (Å²) in [6.07, 6.45) is 12.9. The van der Waals surface area contributed by atoms with Gasteiger partial charge in [-0.05, 0) is 68.7 Å². The van der Waals surface area contributed by atoms with Crippen LogP contribution in [0.4, 0.5) is 0 Å². The number of rotatable bonds is 19. The highest BCUT2D eigenvalue weighted by molar-refractivity contribution is 7.44. The Morgan fingerprint density at radius 3 is 1.64 bits per heavy atom. The Kier molecular flexibility index (Phi) is 14.8. The van der Waals surface area contributed by atoms with Crippen LogP contribution in [-0.4, -0.2) is 50.8 Å². The molecular weight excluding hydrogens is 607 g/mol. The molecule has 0 radical (unpaired) electrons. The highest BCUT2D eigenvalue weighted by Gasteiger charge is 2.42. The Balaban J connectivity index is 2.14. The first-order valence-electron chi connectivity index (χ1n) is 15.8. The smallest absolute Gasteiger partial charge is 0.259 e. The fraction of sp³-hybridized carbons (Fsp3) is 0.410. The largest absolute Gasteiger partial charge is 0.497 e. The zero-order valence-corrected chi connectivity index (χ0v) is 29.3. The quantitative estimate of drug-likeness (QED) is 0.0557. The summed E-state index contributed by atoms with van der Waals surface area (Å²) in [6.45, 7) is 9.04. The van der Waals surface area contributed by atoms with Gasteiger partial charge in [0, 0.05) is 30.3 Å². The normalized spacial score (nSPS) is 12.4. The van der Waals surface area contributed by atoms with Crippen LogP contribution in [-0.2, 0) is 19.4 Å². The molecule has 0 bridgehead atoms. The van der Waals surface area contributed by atoms with Crippen molar-refractivity contribution in [2.75, 3.05) is 34.0 Å². The third-order valence-electron chi connectivity index (χ3n) is 7.87. The van der Waals surface area contributed by atoms with E-state index in [-0.39, 0.29) is 38.3 Å². The van der Waals surface area contributed by atoms with Crippen LogP contribution >= 0.6 is 8.53 Å². The van der Waals surface area contributed by atoms with Crippen molar-refractivity contribution in [1.82, 2.24) is 4.67 Å². The van der Waals surface area contributed by atoms with Gasteiger partial charge in [0.25, 0.3) is 8.53 Å². The Morgan fingerprint density at radius 1 is 0.723 bits per heavy atom. The molecule has 3 aromatic carbocycles. The molecule has 8 heteroatoms. The first kappa shape index (κ1) is 37.6. The van der Waals surface area contributed by atoms with E-state index in [0.29, 0.717) is 12.8 Å². The summed E-state index contributed by atoms with van der Waals surface area (Å²) in [7, 11) is 1.77. The van der Waals surface area contributed by atoms with Crippen LogP contribution in [0, 0.1) is 41.4 Å². The predicted octanol–water partition coefficient (Wildman–Crippen LogP) is 8.34. The number of nitrogens with zero attached hydrogens (tertiary/aromatic N) is 2. The lowest BCUT2D eigenvalue weighted by atomic mass is 9.78. The molecule has 47 heavy (non-hydrogen) atoms. The molecule has 7 nitrogen and oxygen atoms in total. The second-order valence-corrected chi connectivity index (χ2v) is 13.3. The third kappa shape index (κ3) is 9.59. The van der Waals surface area contributed by atoms with Crippen LogP contribution in [0.3, 0.4) is 0 Å². The topological polar surface area (TPSA) is 73.2 Å². The molecule has 0 saturated heterocycles. The highest BCUT2D eigenvalue weighted by Crippen LogP contribution is 2.49. The summed E-state index contributed by atoms with van der Waals surface area (Å²) in [5.74, 6) is 7.17. The van der Waals surface area contributed by atoms with E-state index >= 15 is 0 Å². The van der Waals surface area contributed by atoms with Gasteiger partial charge in [-0.3, -0.25) is 0 Å². The van der Waals surface area contributed by atoms with E-state index in [9.17, 15) is 0 Å². The van der Waals surface area contributed by atoms with Crippen LogP contribution in [0.15, 0.2) is 78.9 Å². The molecule has 0 aromatic heterocycles. The molecule has 0 fully saturated rings. The third-order valence-corrected chi connectivity index (χ3v) is 9.92. The second-order valence-electron chi connectivity index (χ2n) is 11.9. The minimum atomic E-state index is -1.52. The standard InChI is InChI=1S/C39H47N2O5P/c1-9-25-38(26-10-2,30-46-47(45-28-14-27-40)41(31(3)4)32(5)6)29-44-39(33-15-12-11-13-16-33,34-17-21-36(42-7)22-18-34)35-19-23-37(43-8)24-20-35/h1-2,11-13,15-24,31-32H,14,25-26,28-30H2,3-8H3. The fourth-order valence-corrected chi connectivity index (χ4v) is 7.31. The van der Waals surface area contributed by atoms with E-state index in [0.717, 1.165) is 28.2 Å². The molecule has 248 valence electrons. The maximum atomic E-state index is 9.17. The Bertz CT molecular complexity index is 1420.